The van der Waals surface area contributed by atoms with Gasteiger partial charge in [-0.1, -0.05) is 12.1 Å². The third-order valence-electron chi connectivity index (χ3n) is 3.32. The number of carbonyl (C=O) groups is 1. The van der Waals surface area contributed by atoms with E-state index in [0.29, 0.717) is 19.0 Å². The minimum Gasteiger partial charge on any atom is -0.334 e. The summed E-state index contributed by atoms with van der Waals surface area (Å²) in [5.74, 6) is 0.690. The van der Waals surface area contributed by atoms with Gasteiger partial charge in [0, 0.05) is 23.8 Å². The number of thiophene rings is 1. The molecule has 0 atom stereocenters. The van der Waals surface area contributed by atoms with Crippen LogP contribution in [0.2, 0.25) is 0 Å². The number of urea groups is 1. The largest absolute Gasteiger partial charge is 0.334 e. The van der Waals surface area contributed by atoms with Crippen LogP contribution < -0.4 is 10.6 Å². The average Bonchev–Trinajstić information content (AvgIpc) is 3.20. The fourth-order valence-corrected chi connectivity index (χ4v) is 2.71. The first-order valence-corrected chi connectivity index (χ1v) is 7.67. The van der Waals surface area contributed by atoms with Gasteiger partial charge in [-0.15, -0.1) is 11.3 Å². The highest BCUT2D eigenvalue weighted by atomic mass is 32.1. The molecule has 2 heterocycles. The predicted molar refractivity (Wildman–Crippen MR) is 79.6 cm³/mol. The second kappa shape index (κ2) is 6.05. The molecule has 0 aliphatic heterocycles. The van der Waals surface area contributed by atoms with E-state index in [4.69, 9.17) is 0 Å². The topological polar surface area (TPSA) is 54.0 Å². The maximum atomic E-state index is 11.7. The Morgan fingerprint density at radius 2 is 2.15 bits per heavy atom. The van der Waals surface area contributed by atoms with Crippen molar-refractivity contribution in [3.05, 3.63) is 52.0 Å². The summed E-state index contributed by atoms with van der Waals surface area (Å²) in [5.41, 5.74) is 2.35. The maximum Gasteiger partial charge on any atom is 0.315 e. The molecule has 4 nitrogen and oxygen atoms in total. The first-order valence-electron chi connectivity index (χ1n) is 6.79. The molecular formula is C15H17N3OS. The summed E-state index contributed by atoms with van der Waals surface area (Å²) in [6, 6.07) is 5.99. The van der Waals surface area contributed by atoms with Crippen LogP contribution in [0.1, 0.15) is 34.8 Å². The molecule has 2 amide bonds. The molecule has 0 spiro atoms. The second-order valence-electron chi connectivity index (χ2n) is 5.02. The third-order valence-corrected chi connectivity index (χ3v) is 4.20. The highest BCUT2D eigenvalue weighted by Crippen LogP contribution is 2.39. The van der Waals surface area contributed by atoms with Gasteiger partial charge in [-0.2, -0.15) is 0 Å². The first kappa shape index (κ1) is 13.1. The normalized spacial score (nSPS) is 14.0. The highest BCUT2D eigenvalue weighted by molar-refractivity contribution is 7.09. The predicted octanol–water partition coefficient (Wildman–Crippen LogP) is 3.02. The molecule has 1 fully saturated rings. The molecule has 0 saturated heterocycles. The summed E-state index contributed by atoms with van der Waals surface area (Å²) in [6.07, 6.45) is 6.27. The van der Waals surface area contributed by atoms with E-state index in [0.717, 1.165) is 10.4 Å². The zero-order chi connectivity index (χ0) is 13.8. The molecule has 2 aromatic heterocycles. The van der Waals surface area contributed by atoms with E-state index < -0.39 is 0 Å². The Bertz CT molecular complexity index is 579. The van der Waals surface area contributed by atoms with Crippen molar-refractivity contribution in [1.29, 1.82) is 0 Å². The van der Waals surface area contributed by atoms with Gasteiger partial charge in [0.2, 0.25) is 0 Å². The molecule has 20 heavy (non-hydrogen) atoms. The Morgan fingerprint density at radius 1 is 1.30 bits per heavy atom. The number of pyridine rings is 1. The van der Waals surface area contributed by atoms with Crippen LogP contribution in [0.4, 0.5) is 4.79 Å². The van der Waals surface area contributed by atoms with Crippen LogP contribution in [0, 0.1) is 0 Å². The van der Waals surface area contributed by atoms with Crippen molar-refractivity contribution >= 4 is 17.4 Å². The summed E-state index contributed by atoms with van der Waals surface area (Å²) in [6.45, 7) is 1.09. The van der Waals surface area contributed by atoms with Gasteiger partial charge in [0.15, 0.2) is 0 Å². The number of nitrogens with zero attached hydrogens (tertiary/aromatic N) is 1. The molecule has 5 heteroatoms. The zero-order valence-corrected chi connectivity index (χ0v) is 12.0. The standard InChI is InChI=1S/C15H17N3OS/c19-15(18-10-14-2-1-5-20-14)17-8-11-6-13(9-16-7-11)12-3-4-12/h1-2,5-7,9,12H,3-4,8,10H2,(H2,17,18,19). The third kappa shape index (κ3) is 3.57. The minimum atomic E-state index is -0.143. The van der Waals surface area contributed by atoms with Crippen molar-refractivity contribution in [3.63, 3.8) is 0 Å². The number of carbonyl (C=O) groups excluding carboxylic acids is 1. The molecule has 2 N–H and O–H groups in total. The molecule has 1 aliphatic carbocycles. The first-order chi connectivity index (χ1) is 9.81. The fourth-order valence-electron chi connectivity index (χ4n) is 2.07. The molecular weight excluding hydrogens is 270 g/mol. The average molecular weight is 287 g/mol. The lowest BCUT2D eigenvalue weighted by molar-refractivity contribution is 0.240. The number of rotatable bonds is 5. The molecule has 0 bridgehead atoms. The van der Waals surface area contributed by atoms with E-state index in [1.54, 1.807) is 11.3 Å². The molecule has 104 valence electrons. The highest BCUT2D eigenvalue weighted by Gasteiger charge is 2.23. The van der Waals surface area contributed by atoms with E-state index in [1.165, 1.54) is 18.4 Å². The minimum absolute atomic E-state index is 0.143. The Morgan fingerprint density at radius 3 is 2.90 bits per heavy atom. The summed E-state index contributed by atoms with van der Waals surface area (Å²) in [5, 5.41) is 7.71. The lowest BCUT2D eigenvalue weighted by atomic mass is 10.1. The van der Waals surface area contributed by atoms with Crippen LogP contribution in [-0.2, 0) is 13.1 Å². The summed E-state index contributed by atoms with van der Waals surface area (Å²) >= 11 is 1.64. The molecule has 0 unspecified atom stereocenters. The number of aromatic nitrogens is 1. The quantitative estimate of drug-likeness (QED) is 0.888. The van der Waals surface area contributed by atoms with Gasteiger partial charge in [0.05, 0.1) is 6.54 Å². The monoisotopic (exact) mass is 287 g/mol. The van der Waals surface area contributed by atoms with Crippen molar-refractivity contribution in [2.24, 2.45) is 0 Å². The van der Waals surface area contributed by atoms with Gasteiger partial charge >= 0.3 is 6.03 Å². The summed E-state index contributed by atoms with van der Waals surface area (Å²) in [4.78, 5) is 17.1. The van der Waals surface area contributed by atoms with Gasteiger partial charge in [0.25, 0.3) is 0 Å². The van der Waals surface area contributed by atoms with E-state index >= 15 is 0 Å². The van der Waals surface area contributed by atoms with Gasteiger partial charge in [0.1, 0.15) is 0 Å². The number of nitrogens with one attached hydrogen (secondary N) is 2. The van der Waals surface area contributed by atoms with E-state index in [-0.39, 0.29) is 6.03 Å². The fraction of sp³-hybridized carbons (Fsp3) is 0.333. The number of hydrogen-bond donors (Lipinski definition) is 2. The maximum absolute atomic E-state index is 11.7. The van der Waals surface area contributed by atoms with Crippen LogP contribution in [0.25, 0.3) is 0 Å². The van der Waals surface area contributed by atoms with Gasteiger partial charge in [-0.05, 0) is 41.3 Å². The van der Waals surface area contributed by atoms with Gasteiger partial charge in [-0.3, -0.25) is 4.98 Å². The zero-order valence-electron chi connectivity index (χ0n) is 11.1. The summed E-state index contributed by atoms with van der Waals surface area (Å²) in [7, 11) is 0. The van der Waals surface area contributed by atoms with Crippen LogP contribution >= 0.6 is 11.3 Å². The Kier molecular flexibility index (Phi) is 3.97. The second-order valence-corrected chi connectivity index (χ2v) is 6.05. The van der Waals surface area contributed by atoms with Crippen LogP contribution in [0.15, 0.2) is 36.0 Å². The Hall–Kier alpha value is -1.88. The smallest absolute Gasteiger partial charge is 0.315 e. The van der Waals surface area contributed by atoms with Crippen molar-refractivity contribution in [3.8, 4) is 0 Å². The molecule has 1 saturated carbocycles. The number of amides is 2. The molecule has 2 aromatic rings. The summed E-state index contributed by atoms with van der Waals surface area (Å²) < 4.78 is 0. The van der Waals surface area contributed by atoms with Gasteiger partial charge in [-0.25, -0.2) is 4.79 Å². The van der Waals surface area contributed by atoms with Crippen LogP contribution in [-0.4, -0.2) is 11.0 Å². The molecule has 3 rings (SSSR count). The molecule has 0 aromatic carbocycles. The van der Waals surface area contributed by atoms with Crippen molar-refractivity contribution in [2.45, 2.75) is 31.8 Å². The lowest BCUT2D eigenvalue weighted by Gasteiger charge is -2.07. The van der Waals surface area contributed by atoms with Crippen molar-refractivity contribution in [1.82, 2.24) is 15.6 Å². The molecule has 0 radical (unpaired) electrons. The van der Waals surface area contributed by atoms with Crippen LogP contribution in [0.5, 0.6) is 0 Å². The van der Waals surface area contributed by atoms with Gasteiger partial charge < -0.3 is 10.6 Å². The van der Waals surface area contributed by atoms with Crippen molar-refractivity contribution in [2.75, 3.05) is 0 Å². The SMILES string of the molecule is O=C(NCc1cncc(C2CC2)c1)NCc1cccs1. The Labute approximate surface area is 122 Å². The van der Waals surface area contributed by atoms with E-state index in [2.05, 4.69) is 21.7 Å². The van der Waals surface area contributed by atoms with Crippen molar-refractivity contribution < 1.29 is 4.79 Å². The van der Waals surface area contributed by atoms with E-state index in [9.17, 15) is 4.79 Å². The molecule has 1 aliphatic rings. The van der Waals surface area contributed by atoms with E-state index in [1.807, 2.05) is 29.9 Å². The van der Waals surface area contributed by atoms with Crippen LogP contribution in [0.3, 0.4) is 0 Å². The lowest BCUT2D eigenvalue weighted by Crippen LogP contribution is -2.34. The number of hydrogen-bond acceptors (Lipinski definition) is 3. The Balaban J connectivity index is 1.46.